The predicted molar refractivity (Wildman–Crippen MR) is 134 cm³/mol. The van der Waals surface area contributed by atoms with Crippen LogP contribution in [0.4, 0.5) is 11.4 Å². The van der Waals surface area contributed by atoms with E-state index in [-0.39, 0.29) is 29.0 Å². The van der Waals surface area contributed by atoms with Crippen LogP contribution in [0.3, 0.4) is 0 Å². The topological polar surface area (TPSA) is 118 Å². The minimum atomic E-state index is -0.940. The van der Waals surface area contributed by atoms with Crippen molar-refractivity contribution < 1.29 is 23.9 Å². The second-order valence-corrected chi connectivity index (χ2v) is 7.66. The molecular formula is C25H23ClN4O5. The van der Waals surface area contributed by atoms with Gasteiger partial charge in [0, 0.05) is 11.4 Å². The number of nitrogens with one attached hydrogen (secondary N) is 3. The van der Waals surface area contributed by atoms with Crippen LogP contribution < -0.4 is 25.5 Å². The van der Waals surface area contributed by atoms with Crippen molar-refractivity contribution in [1.29, 1.82) is 0 Å². The number of ether oxygens (including phenoxy) is 2. The number of carbonyl (C=O) groups is 3. The van der Waals surface area contributed by atoms with Gasteiger partial charge < -0.3 is 20.1 Å². The van der Waals surface area contributed by atoms with Gasteiger partial charge in [0.25, 0.3) is 5.91 Å². The second kappa shape index (κ2) is 12.2. The molecule has 0 radical (unpaired) electrons. The van der Waals surface area contributed by atoms with Crippen molar-refractivity contribution in [3.8, 4) is 11.5 Å². The minimum absolute atomic E-state index is 0.168. The highest BCUT2D eigenvalue weighted by Crippen LogP contribution is 2.36. The molecule has 0 bridgehead atoms. The summed E-state index contributed by atoms with van der Waals surface area (Å²) in [5.74, 6) is -1.74. The zero-order valence-electron chi connectivity index (χ0n) is 19.0. The molecule has 3 aromatic rings. The zero-order chi connectivity index (χ0) is 25.2. The first-order valence-electron chi connectivity index (χ1n) is 10.4. The van der Waals surface area contributed by atoms with Gasteiger partial charge >= 0.3 is 11.8 Å². The Balaban J connectivity index is 1.57. The summed E-state index contributed by atoms with van der Waals surface area (Å²) in [6, 6.07) is 19.0. The fourth-order valence-corrected chi connectivity index (χ4v) is 3.13. The Bertz CT molecular complexity index is 1230. The molecule has 180 valence electrons. The standard InChI is InChI=1S/C25H23ClN4O5/c1-16-8-10-19(11-9-16)29-24(32)25(33)30-27-14-17-12-20(26)23(21(13-17)34-2)35-15-22(31)28-18-6-4-3-5-7-18/h3-14H,15H2,1-2H3,(H,28,31)(H,29,32)(H,30,33)/b27-14-. The van der Waals surface area contributed by atoms with E-state index >= 15 is 0 Å². The Hall–Kier alpha value is -4.37. The lowest BCUT2D eigenvalue weighted by Gasteiger charge is -2.13. The molecule has 0 aliphatic carbocycles. The van der Waals surface area contributed by atoms with Crippen molar-refractivity contribution in [2.24, 2.45) is 5.10 Å². The van der Waals surface area contributed by atoms with Gasteiger partial charge in [-0.1, -0.05) is 47.5 Å². The number of anilines is 2. The number of benzene rings is 3. The van der Waals surface area contributed by atoms with Gasteiger partial charge in [0.05, 0.1) is 18.3 Å². The summed E-state index contributed by atoms with van der Waals surface area (Å²) in [4.78, 5) is 36.1. The molecule has 0 saturated carbocycles. The lowest BCUT2D eigenvalue weighted by Crippen LogP contribution is -2.32. The lowest BCUT2D eigenvalue weighted by atomic mass is 10.2. The number of para-hydroxylation sites is 1. The van der Waals surface area contributed by atoms with E-state index in [9.17, 15) is 14.4 Å². The number of carbonyl (C=O) groups excluding carboxylic acids is 3. The van der Waals surface area contributed by atoms with Crippen LogP contribution >= 0.6 is 11.6 Å². The smallest absolute Gasteiger partial charge is 0.329 e. The fraction of sp³-hybridized carbons (Fsp3) is 0.120. The van der Waals surface area contributed by atoms with Crippen LogP contribution in [0, 0.1) is 6.92 Å². The average Bonchev–Trinajstić information content (AvgIpc) is 2.85. The summed E-state index contributed by atoms with van der Waals surface area (Å²) in [6.45, 7) is 1.63. The normalized spacial score (nSPS) is 10.5. The van der Waals surface area contributed by atoms with Gasteiger partial charge in [-0.05, 0) is 48.9 Å². The van der Waals surface area contributed by atoms with Gasteiger partial charge in [-0.25, -0.2) is 5.43 Å². The van der Waals surface area contributed by atoms with Gasteiger partial charge in [-0.15, -0.1) is 0 Å². The van der Waals surface area contributed by atoms with Crippen LogP contribution in [0.25, 0.3) is 0 Å². The molecule has 0 saturated heterocycles. The second-order valence-electron chi connectivity index (χ2n) is 7.26. The largest absolute Gasteiger partial charge is 0.493 e. The molecule has 3 amide bonds. The molecule has 0 aromatic heterocycles. The van der Waals surface area contributed by atoms with Gasteiger partial charge in [-0.3, -0.25) is 14.4 Å². The number of halogens is 1. The molecule has 3 rings (SSSR count). The van der Waals surface area contributed by atoms with Crippen LogP contribution in [0.1, 0.15) is 11.1 Å². The quantitative estimate of drug-likeness (QED) is 0.250. The van der Waals surface area contributed by atoms with E-state index in [4.69, 9.17) is 21.1 Å². The van der Waals surface area contributed by atoms with Crippen LogP contribution in [-0.2, 0) is 14.4 Å². The molecule has 10 heteroatoms. The van der Waals surface area contributed by atoms with Crippen LogP contribution in [-0.4, -0.2) is 37.7 Å². The fourth-order valence-electron chi connectivity index (χ4n) is 2.85. The van der Waals surface area contributed by atoms with Crippen molar-refractivity contribution in [3.05, 3.63) is 82.9 Å². The minimum Gasteiger partial charge on any atom is -0.493 e. The van der Waals surface area contributed by atoms with E-state index in [1.54, 1.807) is 42.5 Å². The van der Waals surface area contributed by atoms with Crippen LogP contribution in [0.15, 0.2) is 71.8 Å². The molecule has 3 aromatic carbocycles. The van der Waals surface area contributed by atoms with E-state index in [1.807, 2.05) is 25.1 Å². The molecule has 0 aliphatic heterocycles. The summed E-state index contributed by atoms with van der Waals surface area (Å²) in [6.07, 6.45) is 1.29. The molecule has 0 heterocycles. The number of aryl methyl sites for hydroxylation is 1. The molecule has 0 fully saturated rings. The third-order valence-corrected chi connectivity index (χ3v) is 4.83. The highest BCUT2D eigenvalue weighted by atomic mass is 35.5. The van der Waals surface area contributed by atoms with Crippen molar-refractivity contribution in [2.75, 3.05) is 24.4 Å². The summed E-state index contributed by atoms with van der Waals surface area (Å²) < 4.78 is 10.9. The number of hydrazone groups is 1. The number of methoxy groups -OCH3 is 1. The summed E-state index contributed by atoms with van der Waals surface area (Å²) in [5, 5.41) is 9.13. The molecule has 0 unspecified atom stereocenters. The van der Waals surface area contributed by atoms with E-state index in [0.717, 1.165) is 5.56 Å². The van der Waals surface area contributed by atoms with Gasteiger partial charge in [0.2, 0.25) is 0 Å². The molecule has 35 heavy (non-hydrogen) atoms. The van der Waals surface area contributed by atoms with Gasteiger partial charge in [0.15, 0.2) is 18.1 Å². The van der Waals surface area contributed by atoms with Crippen LogP contribution in [0.5, 0.6) is 11.5 Å². The Morgan fingerprint density at radius 1 is 0.943 bits per heavy atom. The third kappa shape index (κ3) is 7.58. The van der Waals surface area contributed by atoms with Crippen molar-refractivity contribution in [1.82, 2.24) is 5.43 Å². The first-order chi connectivity index (χ1) is 16.9. The molecule has 9 nitrogen and oxygen atoms in total. The van der Waals surface area contributed by atoms with Crippen molar-refractivity contribution in [3.63, 3.8) is 0 Å². The predicted octanol–water partition coefficient (Wildman–Crippen LogP) is 3.76. The first-order valence-corrected chi connectivity index (χ1v) is 10.8. The maximum atomic E-state index is 12.1. The molecule has 0 aliphatic rings. The van der Waals surface area contributed by atoms with E-state index in [1.165, 1.54) is 19.4 Å². The first kappa shape index (κ1) is 25.3. The number of nitrogens with zero attached hydrogens (tertiary/aromatic N) is 1. The monoisotopic (exact) mass is 494 g/mol. The molecule has 3 N–H and O–H groups in total. The summed E-state index contributed by atoms with van der Waals surface area (Å²) >= 11 is 6.30. The molecule has 0 spiro atoms. The Morgan fingerprint density at radius 3 is 2.31 bits per heavy atom. The highest BCUT2D eigenvalue weighted by molar-refractivity contribution is 6.39. The van der Waals surface area contributed by atoms with Gasteiger partial charge in [-0.2, -0.15) is 5.10 Å². The van der Waals surface area contributed by atoms with Gasteiger partial charge in [0.1, 0.15) is 0 Å². The summed E-state index contributed by atoms with van der Waals surface area (Å²) in [5.41, 5.74) is 4.77. The molecular weight excluding hydrogens is 472 g/mol. The maximum Gasteiger partial charge on any atom is 0.329 e. The number of hydrogen-bond acceptors (Lipinski definition) is 6. The Morgan fingerprint density at radius 2 is 1.63 bits per heavy atom. The van der Waals surface area contributed by atoms with Crippen LogP contribution in [0.2, 0.25) is 5.02 Å². The van der Waals surface area contributed by atoms with E-state index < -0.39 is 11.8 Å². The zero-order valence-corrected chi connectivity index (χ0v) is 19.8. The van der Waals surface area contributed by atoms with E-state index in [0.29, 0.717) is 16.9 Å². The Kier molecular flexibility index (Phi) is 8.80. The average molecular weight is 495 g/mol. The Labute approximate surface area is 207 Å². The van der Waals surface area contributed by atoms with E-state index in [2.05, 4.69) is 21.2 Å². The summed E-state index contributed by atoms with van der Waals surface area (Å²) in [7, 11) is 1.42. The maximum absolute atomic E-state index is 12.1. The van der Waals surface area contributed by atoms with Crippen molar-refractivity contribution in [2.45, 2.75) is 6.92 Å². The SMILES string of the molecule is COc1cc(/C=N\NC(=O)C(=O)Nc2ccc(C)cc2)cc(Cl)c1OCC(=O)Nc1ccccc1. The van der Waals surface area contributed by atoms with Crippen molar-refractivity contribution >= 4 is 46.9 Å². The number of hydrogen-bond donors (Lipinski definition) is 3. The third-order valence-electron chi connectivity index (χ3n) is 4.55. The molecule has 0 atom stereocenters. The highest BCUT2D eigenvalue weighted by Gasteiger charge is 2.15. The lowest BCUT2D eigenvalue weighted by molar-refractivity contribution is -0.136. The number of rotatable bonds is 8. The number of amides is 3.